The van der Waals surface area contributed by atoms with E-state index in [9.17, 15) is 15.3 Å². The van der Waals surface area contributed by atoms with Gasteiger partial charge in [0, 0.05) is 30.3 Å². The van der Waals surface area contributed by atoms with Gasteiger partial charge in [-0.2, -0.15) is 0 Å². The summed E-state index contributed by atoms with van der Waals surface area (Å²) in [5, 5.41) is 40.3. The molecule has 198 valence electrons. The van der Waals surface area contributed by atoms with Crippen molar-refractivity contribution >= 4 is 0 Å². The van der Waals surface area contributed by atoms with Gasteiger partial charge >= 0.3 is 0 Å². The summed E-state index contributed by atoms with van der Waals surface area (Å²) in [6.07, 6.45) is 22.8. The molecule has 0 heterocycles. The van der Waals surface area contributed by atoms with Gasteiger partial charge in [-0.3, -0.25) is 0 Å². The maximum Gasteiger partial charge on any atom is 0.0659 e. The van der Waals surface area contributed by atoms with Crippen LogP contribution in [0.2, 0.25) is 0 Å². The predicted molar refractivity (Wildman–Crippen MR) is 146 cm³/mol. The zero-order valence-corrected chi connectivity index (χ0v) is 22.4. The Kier molecular flexibility index (Phi) is 20.4. The smallest absolute Gasteiger partial charge is 0.0659 e. The second-order valence-electron chi connectivity index (χ2n) is 10.0. The van der Waals surface area contributed by atoms with E-state index >= 15 is 0 Å². The standard InChI is InChI=1S/C30H54O4/c1-6-7-19-26(4)30(34)27(5)28(32)22-17-16-21-25(3)29(33)24(2)20-15-13-11-9-8-10-12-14-18-23-31/h6-7,15-16,19-21,24-34H,1,8-14,17-18,22-23H2,2-5H3/b19-7+,20-15+,21-16+/t24-,25-,26-,27+,28+,29-,30+/m0/s1. The van der Waals surface area contributed by atoms with Crippen molar-refractivity contribution in [1.82, 2.24) is 0 Å². The fourth-order valence-corrected chi connectivity index (χ4v) is 4.19. The molecule has 0 aliphatic carbocycles. The number of unbranched alkanes of at least 4 members (excludes halogenated alkanes) is 7. The van der Waals surface area contributed by atoms with Crippen LogP contribution < -0.4 is 0 Å². The number of hydrogen-bond donors (Lipinski definition) is 4. The van der Waals surface area contributed by atoms with Gasteiger partial charge in [-0.15, -0.1) is 0 Å². The molecule has 0 aromatic rings. The van der Waals surface area contributed by atoms with Gasteiger partial charge in [0.05, 0.1) is 18.3 Å². The lowest BCUT2D eigenvalue weighted by Crippen LogP contribution is -2.33. The molecule has 0 fully saturated rings. The Hall–Kier alpha value is -1.20. The lowest BCUT2D eigenvalue weighted by Gasteiger charge is -2.27. The van der Waals surface area contributed by atoms with Gasteiger partial charge in [0.2, 0.25) is 0 Å². The molecule has 0 aromatic carbocycles. The van der Waals surface area contributed by atoms with Crippen LogP contribution in [0.25, 0.3) is 0 Å². The van der Waals surface area contributed by atoms with Gasteiger partial charge in [0.1, 0.15) is 0 Å². The Morgan fingerprint density at radius 2 is 1.15 bits per heavy atom. The third-order valence-corrected chi connectivity index (χ3v) is 6.85. The van der Waals surface area contributed by atoms with Crippen LogP contribution in [0.5, 0.6) is 0 Å². The number of rotatable bonds is 21. The van der Waals surface area contributed by atoms with Crippen molar-refractivity contribution in [3.63, 3.8) is 0 Å². The number of aliphatic hydroxyl groups excluding tert-OH is 4. The highest BCUT2D eigenvalue weighted by Crippen LogP contribution is 2.21. The molecule has 4 nitrogen and oxygen atoms in total. The Morgan fingerprint density at radius 1 is 0.647 bits per heavy atom. The quantitative estimate of drug-likeness (QED) is 0.0879. The molecule has 0 aliphatic heterocycles. The van der Waals surface area contributed by atoms with Crippen LogP contribution in [-0.2, 0) is 0 Å². The normalized spacial score (nSPS) is 18.8. The van der Waals surface area contributed by atoms with Crippen molar-refractivity contribution in [1.29, 1.82) is 0 Å². The zero-order chi connectivity index (χ0) is 25.8. The van der Waals surface area contributed by atoms with E-state index in [0.29, 0.717) is 13.0 Å². The monoisotopic (exact) mass is 478 g/mol. The van der Waals surface area contributed by atoms with E-state index in [1.54, 1.807) is 6.08 Å². The maximum absolute atomic E-state index is 10.6. The van der Waals surface area contributed by atoms with E-state index in [4.69, 9.17) is 5.11 Å². The highest BCUT2D eigenvalue weighted by molar-refractivity contribution is 5.02. The first-order valence-corrected chi connectivity index (χ1v) is 13.5. The molecule has 34 heavy (non-hydrogen) atoms. The van der Waals surface area contributed by atoms with Gasteiger partial charge in [-0.25, -0.2) is 0 Å². The van der Waals surface area contributed by atoms with E-state index in [-0.39, 0.29) is 23.7 Å². The molecule has 0 amide bonds. The van der Waals surface area contributed by atoms with Crippen LogP contribution in [0, 0.1) is 23.7 Å². The lowest BCUT2D eigenvalue weighted by molar-refractivity contribution is 0.00103. The van der Waals surface area contributed by atoms with Crippen molar-refractivity contribution in [3.05, 3.63) is 49.1 Å². The summed E-state index contributed by atoms with van der Waals surface area (Å²) < 4.78 is 0. The molecule has 0 aromatic heterocycles. The van der Waals surface area contributed by atoms with Crippen LogP contribution >= 0.6 is 0 Å². The van der Waals surface area contributed by atoms with Crippen LogP contribution in [-0.4, -0.2) is 45.3 Å². The second kappa shape index (κ2) is 21.1. The van der Waals surface area contributed by atoms with Gasteiger partial charge in [-0.05, 0) is 32.1 Å². The summed E-state index contributed by atoms with van der Waals surface area (Å²) in [5.74, 6) is -0.102. The first-order valence-electron chi connectivity index (χ1n) is 13.5. The number of aliphatic hydroxyl groups is 4. The van der Waals surface area contributed by atoms with E-state index in [2.05, 4.69) is 25.7 Å². The highest BCUT2D eigenvalue weighted by Gasteiger charge is 2.25. The third kappa shape index (κ3) is 15.7. The summed E-state index contributed by atoms with van der Waals surface area (Å²) in [7, 11) is 0. The summed E-state index contributed by atoms with van der Waals surface area (Å²) in [4.78, 5) is 0. The lowest BCUT2D eigenvalue weighted by atomic mass is 9.87. The molecule has 0 spiro atoms. The molecular weight excluding hydrogens is 424 g/mol. The molecule has 4 heteroatoms. The minimum atomic E-state index is -0.597. The van der Waals surface area contributed by atoms with E-state index in [1.807, 2.05) is 45.1 Å². The molecular formula is C30H54O4. The van der Waals surface area contributed by atoms with Gasteiger partial charge in [-0.1, -0.05) is 109 Å². The molecule has 4 N–H and O–H groups in total. The Balaban J connectivity index is 4.17. The Labute approximate surface area is 210 Å². The summed E-state index contributed by atoms with van der Waals surface area (Å²) in [6, 6.07) is 0. The SMILES string of the molecule is C=C/C=C/[C@H](C)[C@@H](O)[C@H](C)[C@H](O)CC/C=C/[C@H](C)[C@@H](O)[C@@H](C)/C=C/CCCCCCCCCO. The topological polar surface area (TPSA) is 80.9 Å². The average Bonchev–Trinajstić information content (AvgIpc) is 2.84. The van der Waals surface area contributed by atoms with Crippen LogP contribution in [0.4, 0.5) is 0 Å². The van der Waals surface area contributed by atoms with Crippen LogP contribution in [0.1, 0.15) is 91.9 Å². The number of hydrogen-bond acceptors (Lipinski definition) is 4. The molecule has 0 rings (SSSR count). The van der Waals surface area contributed by atoms with Crippen molar-refractivity contribution in [2.24, 2.45) is 23.7 Å². The molecule has 0 bridgehead atoms. The second-order valence-corrected chi connectivity index (χ2v) is 10.0. The van der Waals surface area contributed by atoms with Crippen molar-refractivity contribution in [2.45, 2.75) is 110 Å². The summed E-state index contributed by atoms with van der Waals surface area (Å²) >= 11 is 0. The highest BCUT2D eigenvalue weighted by atomic mass is 16.3. The molecule has 0 radical (unpaired) electrons. The fourth-order valence-electron chi connectivity index (χ4n) is 4.19. The van der Waals surface area contributed by atoms with Crippen molar-refractivity contribution in [2.75, 3.05) is 6.61 Å². The van der Waals surface area contributed by atoms with Gasteiger partial charge in [0.15, 0.2) is 0 Å². The minimum Gasteiger partial charge on any atom is -0.396 e. The van der Waals surface area contributed by atoms with E-state index in [0.717, 1.165) is 25.7 Å². The first kappa shape index (κ1) is 32.8. The van der Waals surface area contributed by atoms with Crippen LogP contribution in [0.3, 0.4) is 0 Å². The van der Waals surface area contributed by atoms with Gasteiger partial charge in [0.25, 0.3) is 0 Å². The molecule has 0 saturated heterocycles. The van der Waals surface area contributed by atoms with Crippen molar-refractivity contribution < 1.29 is 20.4 Å². The largest absolute Gasteiger partial charge is 0.396 e. The summed E-state index contributed by atoms with van der Waals surface area (Å²) in [6.45, 7) is 11.9. The molecule has 0 unspecified atom stereocenters. The summed E-state index contributed by atoms with van der Waals surface area (Å²) in [5.41, 5.74) is 0. The molecule has 0 aliphatic rings. The Bertz CT molecular complexity index is 568. The Morgan fingerprint density at radius 3 is 1.71 bits per heavy atom. The maximum atomic E-state index is 10.6. The average molecular weight is 479 g/mol. The van der Waals surface area contributed by atoms with E-state index < -0.39 is 18.3 Å². The minimum absolute atomic E-state index is 0.0368. The zero-order valence-electron chi connectivity index (χ0n) is 22.4. The number of allylic oxidation sites excluding steroid dienone is 4. The molecule has 7 atom stereocenters. The fraction of sp³-hybridized carbons (Fsp3) is 0.733. The third-order valence-electron chi connectivity index (χ3n) is 6.85. The predicted octanol–water partition coefficient (Wildman–Crippen LogP) is 6.36. The van der Waals surface area contributed by atoms with Gasteiger partial charge < -0.3 is 20.4 Å². The van der Waals surface area contributed by atoms with Crippen LogP contribution in [0.15, 0.2) is 49.1 Å². The first-order chi connectivity index (χ1) is 16.3. The van der Waals surface area contributed by atoms with Crippen molar-refractivity contribution in [3.8, 4) is 0 Å². The van der Waals surface area contributed by atoms with E-state index in [1.165, 1.54) is 32.1 Å². The molecule has 0 saturated carbocycles.